The van der Waals surface area contributed by atoms with Crippen LogP contribution in [-0.4, -0.2) is 62.3 Å². The molecule has 3 aliphatic heterocycles. The average Bonchev–Trinajstić information content (AvgIpc) is 3.55. The summed E-state index contributed by atoms with van der Waals surface area (Å²) in [5.74, 6) is 0.000859. The molecule has 6 rings (SSSR count). The number of fused-ring (bicyclic) bond motifs is 3. The maximum Gasteiger partial charge on any atom is 0.310 e. The second kappa shape index (κ2) is 10.1. The zero-order valence-corrected chi connectivity index (χ0v) is 22.4. The zero-order chi connectivity index (χ0) is 27.4. The lowest BCUT2D eigenvalue weighted by Gasteiger charge is -2.42. The van der Waals surface area contributed by atoms with Gasteiger partial charge in [-0.3, -0.25) is 4.79 Å². The Morgan fingerprint density at radius 3 is 2.26 bits per heavy atom. The second-order valence-corrected chi connectivity index (χ2v) is 10.9. The highest BCUT2D eigenvalue weighted by Gasteiger charge is 2.54. The molecule has 2 aromatic rings. The molecule has 2 N–H and O–H groups in total. The summed E-state index contributed by atoms with van der Waals surface area (Å²) in [5, 5.41) is 21.0. The van der Waals surface area contributed by atoms with E-state index >= 15 is 0 Å². The van der Waals surface area contributed by atoms with Gasteiger partial charge in [-0.25, -0.2) is 0 Å². The largest absolute Gasteiger partial charge is 0.502 e. The smallest absolute Gasteiger partial charge is 0.310 e. The topological polar surface area (TPSA) is 122 Å². The molecule has 2 fully saturated rings. The molecule has 7 atom stereocenters. The predicted molar refractivity (Wildman–Crippen MR) is 136 cm³/mol. The number of hydrogen-bond acceptors (Lipinski definition) is 10. The number of ether oxygens (including phenoxy) is 7. The molecular formula is C29H34O10. The lowest BCUT2D eigenvalue weighted by Crippen LogP contribution is -2.45. The SMILES string of the molecule is COc1cc([C@@H]2c3cc4c(cc3[C@@H](O[C@@H]3CC[C@@H](O)[C@@H](C(C)C)O3)[C@H]3COC(=O)[C@H]23)OCO4)cc(OC)c1O. The molecule has 0 radical (unpaired) electrons. The van der Waals surface area contributed by atoms with E-state index in [1.807, 2.05) is 26.0 Å². The summed E-state index contributed by atoms with van der Waals surface area (Å²) < 4.78 is 40.8. The van der Waals surface area contributed by atoms with Crippen LogP contribution < -0.4 is 18.9 Å². The van der Waals surface area contributed by atoms with Crippen LogP contribution >= 0.6 is 0 Å². The van der Waals surface area contributed by atoms with Gasteiger partial charge in [-0.1, -0.05) is 13.8 Å². The van der Waals surface area contributed by atoms with Crippen LogP contribution in [0.5, 0.6) is 28.7 Å². The highest BCUT2D eigenvalue weighted by molar-refractivity contribution is 5.79. The number of carbonyl (C=O) groups excluding carboxylic acids is 1. The number of benzene rings is 2. The van der Waals surface area contributed by atoms with Gasteiger partial charge in [-0.2, -0.15) is 0 Å². The van der Waals surface area contributed by atoms with Gasteiger partial charge < -0.3 is 43.4 Å². The molecule has 0 unspecified atom stereocenters. The van der Waals surface area contributed by atoms with E-state index in [1.54, 1.807) is 12.1 Å². The molecule has 0 amide bonds. The third kappa shape index (κ3) is 4.34. The summed E-state index contributed by atoms with van der Waals surface area (Å²) in [7, 11) is 2.93. The van der Waals surface area contributed by atoms with Gasteiger partial charge in [-0.15, -0.1) is 0 Å². The van der Waals surface area contributed by atoms with Gasteiger partial charge in [0.15, 0.2) is 29.3 Å². The molecule has 2 saturated heterocycles. The lowest BCUT2D eigenvalue weighted by atomic mass is 9.66. The van der Waals surface area contributed by atoms with Crippen LogP contribution in [0, 0.1) is 17.8 Å². The van der Waals surface area contributed by atoms with Gasteiger partial charge in [0.2, 0.25) is 12.5 Å². The second-order valence-electron chi connectivity index (χ2n) is 10.9. The van der Waals surface area contributed by atoms with Crippen molar-refractivity contribution in [1.82, 2.24) is 0 Å². The summed E-state index contributed by atoms with van der Waals surface area (Å²) in [5.41, 5.74) is 2.41. The van der Waals surface area contributed by atoms with E-state index in [-0.39, 0.29) is 54.6 Å². The van der Waals surface area contributed by atoms with Crippen LogP contribution in [0.15, 0.2) is 24.3 Å². The van der Waals surface area contributed by atoms with E-state index in [2.05, 4.69) is 0 Å². The Morgan fingerprint density at radius 1 is 0.949 bits per heavy atom. The first-order valence-electron chi connectivity index (χ1n) is 13.3. The van der Waals surface area contributed by atoms with Crippen LogP contribution in [0.1, 0.15) is 55.4 Å². The van der Waals surface area contributed by atoms with Crippen molar-refractivity contribution in [3.05, 3.63) is 41.0 Å². The number of methoxy groups -OCH3 is 2. The van der Waals surface area contributed by atoms with Gasteiger partial charge >= 0.3 is 5.97 Å². The van der Waals surface area contributed by atoms with Gasteiger partial charge in [0.1, 0.15) is 0 Å². The van der Waals surface area contributed by atoms with Crippen molar-refractivity contribution in [3.8, 4) is 28.7 Å². The number of cyclic esters (lactones) is 1. The van der Waals surface area contributed by atoms with E-state index in [1.165, 1.54) is 14.2 Å². The number of hydrogen-bond donors (Lipinski definition) is 2. The zero-order valence-electron chi connectivity index (χ0n) is 22.4. The van der Waals surface area contributed by atoms with Gasteiger partial charge in [0, 0.05) is 18.3 Å². The summed E-state index contributed by atoms with van der Waals surface area (Å²) >= 11 is 0. The van der Waals surface area contributed by atoms with E-state index in [0.29, 0.717) is 24.3 Å². The third-order valence-corrected chi connectivity index (χ3v) is 8.32. The van der Waals surface area contributed by atoms with Crippen molar-refractivity contribution < 1.29 is 48.2 Å². The van der Waals surface area contributed by atoms with Crippen molar-refractivity contribution in [2.75, 3.05) is 27.6 Å². The van der Waals surface area contributed by atoms with Crippen LogP contribution in [0.3, 0.4) is 0 Å². The predicted octanol–water partition coefficient (Wildman–Crippen LogP) is 3.65. The Bertz CT molecular complexity index is 1230. The molecule has 2 aromatic carbocycles. The van der Waals surface area contributed by atoms with Crippen molar-refractivity contribution in [2.45, 2.75) is 57.2 Å². The average molecular weight is 543 g/mol. The molecule has 3 heterocycles. The highest BCUT2D eigenvalue weighted by atomic mass is 16.7. The Hall–Kier alpha value is -3.21. The number of phenolic OH excluding ortho intramolecular Hbond substituents is 1. The minimum absolute atomic E-state index is 0.101. The van der Waals surface area contributed by atoms with Crippen molar-refractivity contribution in [3.63, 3.8) is 0 Å². The van der Waals surface area contributed by atoms with Crippen LogP contribution in [0.4, 0.5) is 0 Å². The normalized spacial score (nSPS) is 31.0. The third-order valence-electron chi connectivity index (χ3n) is 8.32. The Balaban J connectivity index is 1.46. The maximum atomic E-state index is 13.3. The first kappa shape index (κ1) is 26.0. The van der Waals surface area contributed by atoms with Crippen molar-refractivity contribution in [1.29, 1.82) is 0 Å². The standard InChI is InChI=1S/C29H34O10/c1-13(2)27-18(30)5-6-23(38-27)39-28-16-10-20-19(36-12-37-20)9-15(16)24(25-17(28)11-35-29(25)32)14-7-21(33-3)26(31)22(8-14)34-4/h7-10,13,17-18,23-25,27-28,30-31H,5-6,11-12H2,1-4H3/t17-,18+,23+,24+,25-,27+,28+/m0/s1. The highest BCUT2D eigenvalue weighted by Crippen LogP contribution is 2.57. The number of aliphatic hydroxyl groups excluding tert-OH is 1. The fourth-order valence-electron chi connectivity index (χ4n) is 6.45. The number of esters is 1. The number of aliphatic hydroxyl groups is 1. The van der Waals surface area contributed by atoms with Gasteiger partial charge in [-0.05, 0) is 53.3 Å². The first-order chi connectivity index (χ1) is 18.8. The molecule has 4 aliphatic rings. The number of aromatic hydroxyl groups is 1. The monoisotopic (exact) mass is 542 g/mol. The number of carbonyl (C=O) groups is 1. The van der Waals surface area contributed by atoms with Crippen LogP contribution in [0.25, 0.3) is 0 Å². The van der Waals surface area contributed by atoms with Crippen molar-refractivity contribution >= 4 is 5.97 Å². The molecule has 1 aliphatic carbocycles. The van der Waals surface area contributed by atoms with E-state index in [0.717, 1.165) is 16.7 Å². The molecule has 0 bridgehead atoms. The van der Waals surface area contributed by atoms with Crippen LogP contribution in [-0.2, 0) is 19.0 Å². The first-order valence-corrected chi connectivity index (χ1v) is 13.3. The summed E-state index contributed by atoms with van der Waals surface area (Å²) in [6.45, 7) is 4.31. The van der Waals surface area contributed by atoms with Gasteiger partial charge in [0.25, 0.3) is 0 Å². The quantitative estimate of drug-likeness (QED) is 0.523. The summed E-state index contributed by atoms with van der Waals surface area (Å²) in [6, 6.07) is 7.26. The van der Waals surface area contributed by atoms with Gasteiger partial charge in [0.05, 0.1) is 45.1 Å². The number of rotatable bonds is 6. The summed E-state index contributed by atoms with van der Waals surface area (Å²) in [4.78, 5) is 13.3. The van der Waals surface area contributed by atoms with E-state index < -0.39 is 30.3 Å². The van der Waals surface area contributed by atoms with E-state index in [9.17, 15) is 15.0 Å². The van der Waals surface area contributed by atoms with E-state index in [4.69, 9.17) is 33.2 Å². The minimum atomic E-state index is -0.572. The number of phenols is 1. The van der Waals surface area contributed by atoms with Crippen molar-refractivity contribution in [2.24, 2.45) is 17.8 Å². The molecule has 0 aromatic heterocycles. The molecular weight excluding hydrogens is 508 g/mol. The molecule has 39 heavy (non-hydrogen) atoms. The van der Waals surface area contributed by atoms with Crippen LogP contribution in [0.2, 0.25) is 0 Å². The molecule has 0 saturated carbocycles. The maximum absolute atomic E-state index is 13.3. The Labute approximate surface area is 226 Å². The summed E-state index contributed by atoms with van der Waals surface area (Å²) in [6.07, 6.45) is -0.867. The Morgan fingerprint density at radius 2 is 1.62 bits per heavy atom. The Kier molecular flexibility index (Phi) is 6.73. The molecule has 10 heteroatoms. The minimum Gasteiger partial charge on any atom is -0.502 e. The fraction of sp³-hybridized carbons (Fsp3) is 0.552. The molecule has 0 spiro atoms. The molecule has 210 valence electrons. The lowest BCUT2D eigenvalue weighted by molar-refractivity contribution is -0.257. The fourth-order valence-corrected chi connectivity index (χ4v) is 6.45. The molecule has 10 nitrogen and oxygen atoms in total.